The van der Waals surface area contributed by atoms with Crippen molar-refractivity contribution in [2.24, 2.45) is 5.92 Å². The highest BCUT2D eigenvalue weighted by atomic mass is 32.1. The summed E-state index contributed by atoms with van der Waals surface area (Å²) in [6, 6.07) is 23.7. The third kappa shape index (κ3) is 6.89. The van der Waals surface area contributed by atoms with Gasteiger partial charge in [-0.3, -0.25) is 14.9 Å². The first kappa shape index (κ1) is 24.9. The van der Waals surface area contributed by atoms with E-state index in [4.69, 9.17) is 17.0 Å². The third-order valence-corrected chi connectivity index (χ3v) is 5.41. The minimum Gasteiger partial charge on any atom is -0.493 e. The van der Waals surface area contributed by atoms with Gasteiger partial charge < -0.3 is 15.0 Å². The maximum Gasteiger partial charge on any atom is 0.257 e. The van der Waals surface area contributed by atoms with Gasteiger partial charge in [0.2, 0.25) is 0 Å². The van der Waals surface area contributed by atoms with E-state index >= 15 is 0 Å². The van der Waals surface area contributed by atoms with E-state index in [9.17, 15) is 9.59 Å². The van der Waals surface area contributed by atoms with Crippen molar-refractivity contribution in [2.75, 3.05) is 18.6 Å². The van der Waals surface area contributed by atoms with Crippen molar-refractivity contribution >= 4 is 34.8 Å². The van der Waals surface area contributed by atoms with Gasteiger partial charge in [0, 0.05) is 19.2 Å². The second-order valence-corrected chi connectivity index (χ2v) is 8.62. The number of nitrogens with one attached hydrogen (secondary N) is 2. The predicted octanol–water partition coefficient (Wildman–Crippen LogP) is 4.80. The molecule has 0 radical (unpaired) electrons. The zero-order valence-corrected chi connectivity index (χ0v) is 20.4. The van der Waals surface area contributed by atoms with Gasteiger partial charge in [0.1, 0.15) is 5.75 Å². The number of amides is 2. The Labute approximate surface area is 205 Å². The van der Waals surface area contributed by atoms with E-state index in [-0.39, 0.29) is 16.9 Å². The number of anilines is 1. The van der Waals surface area contributed by atoms with Crippen molar-refractivity contribution in [3.8, 4) is 5.75 Å². The molecule has 0 aliphatic heterocycles. The number of benzene rings is 3. The number of thiocarbonyl (C=S) groups is 1. The molecule has 0 saturated carbocycles. The Hall–Kier alpha value is -3.71. The molecule has 0 aliphatic rings. The molecule has 3 rings (SSSR count). The molecule has 7 heteroatoms. The Bertz CT molecular complexity index is 1130. The lowest BCUT2D eigenvalue weighted by atomic mass is 10.1. The first-order valence-corrected chi connectivity index (χ1v) is 11.5. The molecule has 0 aromatic heterocycles. The Morgan fingerprint density at radius 1 is 0.912 bits per heavy atom. The summed E-state index contributed by atoms with van der Waals surface area (Å²) < 4.78 is 5.66. The monoisotopic (exact) mass is 475 g/mol. The lowest BCUT2D eigenvalue weighted by Gasteiger charge is -2.23. The van der Waals surface area contributed by atoms with Gasteiger partial charge in [-0.15, -0.1) is 0 Å². The first-order chi connectivity index (χ1) is 16.3. The van der Waals surface area contributed by atoms with Crippen molar-refractivity contribution in [3.05, 3.63) is 95.6 Å². The fourth-order valence-electron chi connectivity index (χ4n) is 3.16. The molecule has 0 saturated heterocycles. The second kappa shape index (κ2) is 12.0. The fourth-order valence-corrected chi connectivity index (χ4v) is 3.35. The van der Waals surface area contributed by atoms with Gasteiger partial charge in [-0.1, -0.05) is 56.3 Å². The summed E-state index contributed by atoms with van der Waals surface area (Å²) in [5.74, 6) is 0.565. The molecule has 3 aromatic rings. The SMILES string of the molecule is CC(C)COc1ccc(C(=O)NC(=S)N(C)c2ccccc2C(=O)NCc2ccccc2)cc1. The maximum absolute atomic E-state index is 12.9. The lowest BCUT2D eigenvalue weighted by Crippen LogP contribution is -2.41. The van der Waals surface area contributed by atoms with Crippen LogP contribution in [0.5, 0.6) is 5.75 Å². The second-order valence-electron chi connectivity index (χ2n) is 8.23. The highest BCUT2D eigenvalue weighted by Gasteiger charge is 2.18. The number of hydrogen-bond donors (Lipinski definition) is 2. The molecule has 2 N–H and O–H groups in total. The molecule has 6 nitrogen and oxygen atoms in total. The molecule has 0 unspecified atom stereocenters. The molecule has 176 valence electrons. The number of hydrogen-bond acceptors (Lipinski definition) is 4. The van der Waals surface area contributed by atoms with Crippen LogP contribution >= 0.6 is 12.2 Å². The summed E-state index contributed by atoms with van der Waals surface area (Å²) in [7, 11) is 1.72. The van der Waals surface area contributed by atoms with E-state index in [0.717, 1.165) is 5.56 Å². The van der Waals surface area contributed by atoms with Gasteiger partial charge >= 0.3 is 0 Å². The molecule has 34 heavy (non-hydrogen) atoms. The topological polar surface area (TPSA) is 70.7 Å². The maximum atomic E-state index is 12.9. The third-order valence-electron chi connectivity index (χ3n) is 5.03. The van der Waals surface area contributed by atoms with Crippen molar-refractivity contribution in [2.45, 2.75) is 20.4 Å². The number of carbonyl (C=O) groups is 2. The van der Waals surface area contributed by atoms with Crippen molar-refractivity contribution in [3.63, 3.8) is 0 Å². The summed E-state index contributed by atoms with van der Waals surface area (Å²) >= 11 is 5.46. The van der Waals surface area contributed by atoms with Crippen LogP contribution in [0.15, 0.2) is 78.9 Å². The van der Waals surface area contributed by atoms with Crippen LogP contribution in [0, 0.1) is 5.92 Å². The van der Waals surface area contributed by atoms with Crippen molar-refractivity contribution < 1.29 is 14.3 Å². The number of nitrogens with zero attached hydrogens (tertiary/aromatic N) is 1. The van der Waals surface area contributed by atoms with Crippen LogP contribution in [0.4, 0.5) is 5.69 Å². The van der Waals surface area contributed by atoms with Crippen LogP contribution in [0.2, 0.25) is 0 Å². The van der Waals surface area contributed by atoms with Crippen LogP contribution in [0.25, 0.3) is 0 Å². The molecular weight excluding hydrogens is 446 g/mol. The first-order valence-electron chi connectivity index (χ1n) is 11.1. The highest BCUT2D eigenvalue weighted by Crippen LogP contribution is 2.20. The standard InChI is InChI=1S/C27H29N3O3S/c1-19(2)18-33-22-15-13-21(14-16-22)25(31)29-27(34)30(3)24-12-8-7-11-23(24)26(32)28-17-20-9-5-4-6-10-20/h4-16,19H,17-18H2,1-3H3,(H,28,32)(H,29,31,34). The number of ether oxygens (including phenoxy) is 1. The summed E-state index contributed by atoms with van der Waals surface area (Å²) in [6.45, 7) is 5.17. The summed E-state index contributed by atoms with van der Waals surface area (Å²) in [5.41, 5.74) is 2.52. The Balaban J connectivity index is 1.64. The molecule has 0 heterocycles. The molecule has 0 spiro atoms. The number of carbonyl (C=O) groups excluding carboxylic acids is 2. The Morgan fingerprint density at radius 3 is 2.24 bits per heavy atom. The average molecular weight is 476 g/mol. The van der Waals surface area contributed by atoms with E-state index in [1.54, 1.807) is 54.4 Å². The zero-order chi connectivity index (χ0) is 24.5. The van der Waals surface area contributed by atoms with Gasteiger partial charge in [0.05, 0.1) is 17.9 Å². The summed E-state index contributed by atoms with van der Waals surface area (Å²) in [5, 5.41) is 5.85. The van der Waals surface area contributed by atoms with Gasteiger partial charge in [0.25, 0.3) is 11.8 Å². The van der Waals surface area contributed by atoms with Gasteiger partial charge in [-0.2, -0.15) is 0 Å². The minimum atomic E-state index is -0.335. The number of rotatable bonds is 8. The largest absolute Gasteiger partial charge is 0.493 e. The van der Waals surface area contributed by atoms with Crippen LogP contribution in [0.1, 0.15) is 40.1 Å². The average Bonchev–Trinajstić information content (AvgIpc) is 2.86. The number of para-hydroxylation sites is 1. The summed E-state index contributed by atoms with van der Waals surface area (Å²) in [6.07, 6.45) is 0. The molecule has 3 aromatic carbocycles. The van der Waals surface area contributed by atoms with Gasteiger partial charge in [-0.25, -0.2) is 0 Å². The summed E-state index contributed by atoms with van der Waals surface area (Å²) in [4.78, 5) is 27.2. The lowest BCUT2D eigenvalue weighted by molar-refractivity contribution is 0.0950. The van der Waals surface area contributed by atoms with E-state index in [0.29, 0.717) is 41.6 Å². The van der Waals surface area contributed by atoms with E-state index in [1.807, 2.05) is 36.4 Å². The van der Waals surface area contributed by atoms with Crippen LogP contribution in [0.3, 0.4) is 0 Å². The highest BCUT2D eigenvalue weighted by molar-refractivity contribution is 7.80. The molecule has 0 fully saturated rings. The van der Waals surface area contributed by atoms with Gasteiger partial charge in [-0.05, 0) is 60.1 Å². The quantitative estimate of drug-likeness (QED) is 0.458. The van der Waals surface area contributed by atoms with Crippen LogP contribution in [-0.2, 0) is 6.54 Å². The minimum absolute atomic E-state index is 0.188. The Morgan fingerprint density at radius 2 is 1.56 bits per heavy atom. The van der Waals surface area contributed by atoms with Crippen LogP contribution < -0.4 is 20.3 Å². The Kier molecular flexibility index (Phi) is 8.76. The van der Waals surface area contributed by atoms with Crippen molar-refractivity contribution in [1.29, 1.82) is 0 Å². The van der Waals surface area contributed by atoms with Crippen LogP contribution in [-0.4, -0.2) is 30.6 Å². The zero-order valence-electron chi connectivity index (χ0n) is 19.6. The van der Waals surface area contributed by atoms with E-state index in [1.165, 1.54) is 0 Å². The molecule has 0 atom stereocenters. The fraction of sp³-hybridized carbons (Fsp3) is 0.222. The van der Waals surface area contributed by atoms with Crippen molar-refractivity contribution in [1.82, 2.24) is 10.6 Å². The molecule has 0 aliphatic carbocycles. The van der Waals surface area contributed by atoms with E-state index in [2.05, 4.69) is 24.5 Å². The normalized spacial score (nSPS) is 10.5. The molecule has 0 bridgehead atoms. The molecule has 2 amide bonds. The van der Waals surface area contributed by atoms with Gasteiger partial charge in [0.15, 0.2) is 5.11 Å². The van der Waals surface area contributed by atoms with E-state index < -0.39 is 0 Å². The smallest absolute Gasteiger partial charge is 0.257 e. The predicted molar refractivity (Wildman–Crippen MR) is 139 cm³/mol. The molecular formula is C27H29N3O3S.